The van der Waals surface area contributed by atoms with Crippen molar-refractivity contribution in [2.45, 2.75) is 32.6 Å². The molecule has 1 unspecified atom stereocenters. The van der Waals surface area contributed by atoms with E-state index >= 15 is 0 Å². The molecule has 3 rings (SSSR count). The Morgan fingerprint density at radius 1 is 1.33 bits per heavy atom. The second kappa shape index (κ2) is 8.75. The Morgan fingerprint density at radius 2 is 2.11 bits per heavy atom. The first-order chi connectivity index (χ1) is 13.1. The van der Waals surface area contributed by atoms with Crippen LogP contribution < -0.4 is 5.32 Å². The number of amides is 2. The third-order valence-corrected chi connectivity index (χ3v) is 4.62. The number of hydrogen-bond acceptors (Lipinski definition) is 5. The molecule has 2 amide bonds. The van der Waals surface area contributed by atoms with E-state index in [1.54, 1.807) is 17.0 Å². The van der Waals surface area contributed by atoms with Crippen molar-refractivity contribution in [2.75, 3.05) is 19.6 Å². The predicted molar refractivity (Wildman–Crippen MR) is 96.0 cm³/mol. The number of likely N-dealkylation sites (tertiary alicyclic amines) is 1. The molecule has 1 saturated heterocycles. The van der Waals surface area contributed by atoms with E-state index in [4.69, 9.17) is 4.52 Å². The fraction of sp³-hybridized carbons (Fsp3) is 0.474. The first-order valence-electron chi connectivity index (χ1n) is 9.21. The molecule has 1 aromatic carbocycles. The van der Waals surface area contributed by atoms with Gasteiger partial charge in [-0.25, -0.2) is 4.39 Å². The van der Waals surface area contributed by atoms with E-state index in [1.165, 1.54) is 12.1 Å². The molecule has 0 saturated carbocycles. The standard InChI is InChI=1S/C19H23FN4O3/c1-2-21-19(26)14-4-3-11-24(12-14)17(25)10-9-16-22-18(23-27-16)13-5-7-15(20)8-6-13/h5-8,14H,2-4,9-12H2,1H3,(H,21,26). The van der Waals surface area contributed by atoms with Crippen molar-refractivity contribution < 1.29 is 18.5 Å². The molecular formula is C19H23FN4O3. The van der Waals surface area contributed by atoms with Gasteiger partial charge in [0.15, 0.2) is 0 Å². The lowest BCUT2D eigenvalue weighted by atomic mass is 9.96. The molecule has 1 aliphatic heterocycles. The van der Waals surface area contributed by atoms with Gasteiger partial charge in [-0.3, -0.25) is 9.59 Å². The minimum Gasteiger partial charge on any atom is -0.356 e. The summed E-state index contributed by atoms with van der Waals surface area (Å²) in [7, 11) is 0. The third kappa shape index (κ3) is 4.90. The first kappa shape index (κ1) is 19.0. The summed E-state index contributed by atoms with van der Waals surface area (Å²) in [6.07, 6.45) is 2.20. The van der Waals surface area contributed by atoms with Crippen LogP contribution in [0.2, 0.25) is 0 Å². The van der Waals surface area contributed by atoms with E-state index < -0.39 is 0 Å². The van der Waals surface area contributed by atoms with Crippen molar-refractivity contribution in [3.05, 3.63) is 36.0 Å². The average Bonchev–Trinajstić information content (AvgIpc) is 3.16. The zero-order chi connectivity index (χ0) is 19.2. The summed E-state index contributed by atoms with van der Waals surface area (Å²) < 4.78 is 18.2. The quantitative estimate of drug-likeness (QED) is 0.837. The Hall–Kier alpha value is -2.77. The normalized spacial score (nSPS) is 17.0. The van der Waals surface area contributed by atoms with Gasteiger partial charge in [0, 0.05) is 38.0 Å². The first-order valence-corrected chi connectivity index (χ1v) is 9.21. The van der Waals surface area contributed by atoms with Gasteiger partial charge in [0.05, 0.1) is 5.92 Å². The summed E-state index contributed by atoms with van der Waals surface area (Å²) in [4.78, 5) is 30.5. The highest BCUT2D eigenvalue weighted by Gasteiger charge is 2.28. The highest BCUT2D eigenvalue weighted by molar-refractivity contribution is 5.81. The maximum absolute atomic E-state index is 13.0. The molecule has 0 radical (unpaired) electrons. The summed E-state index contributed by atoms with van der Waals surface area (Å²) >= 11 is 0. The lowest BCUT2D eigenvalue weighted by Gasteiger charge is -2.32. The van der Waals surface area contributed by atoms with Gasteiger partial charge in [0.1, 0.15) is 5.82 Å². The molecule has 1 fully saturated rings. The zero-order valence-electron chi connectivity index (χ0n) is 15.3. The molecule has 2 aromatic rings. The topological polar surface area (TPSA) is 88.3 Å². The van der Waals surface area contributed by atoms with Crippen molar-refractivity contribution in [3.63, 3.8) is 0 Å². The summed E-state index contributed by atoms with van der Waals surface area (Å²) in [5.41, 5.74) is 0.651. The summed E-state index contributed by atoms with van der Waals surface area (Å²) in [6.45, 7) is 3.60. The average molecular weight is 374 g/mol. The van der Waals surface area contributed by atoms with Crippen LogP contribution in [0.3, 0.4) is 0 Å². The van der Waals surface area contributed by atoms with Gasteiger partial charge in [0.2, 0.25) is 23.5 Å². The van der Waals surface area contributed by atoms with E-state index in [0.717, 1.165) is 12.8 Å². The number of hydrogen-bond donors (Lipinski definition) is 1. The highest BCUT2D eigenvalue weighted by atomic mass is 19.1. The van der Waals surface area contributed by atoms with Crippen LogP contribution in [0.1, 0.15) is 32.1 Å². The molecule has 0 bridgehead atoms. The number of aromatic nitrogens is 2. The Kier molecular flexibility index (Phi) is 6.16. The van der Waals surface area contributed by atoms with Crippen LogP contribution in [0.5, 0.6) is 0 Å². The third-order valence-electron chi connectivity index (χ3n) is 4.62. The molecule has 1 aromatic heterocycles. The van der Waals surface area contributed by atoms with Crippen LogP contribution in [0.25, 0.3) is 11.4 Å². The number of benzene rings is 1. The van der Waals surface area contributed by atoms with Crippen molar-refractivity contribution in [1.29, 1.82) is 0 Å². The Labute approximate surface area is 156 Å². The van der Waals surface area contributed by atoms with Gasteiger partial charge in [0.25, 0.3) is 0 Å². The number of carbonyl (C=O) groups is 2. The minimum atomic E-state index is -0.333. The van der Waals surface area contributed by atoms with Crippen LogP contribution in [0.15, 0.2) is 28.8 Å². The fourth-order valence-corrected chi connectivity index (χ4v) is 3.18. The number of piperidine rings is 1. The lowest BCUT2D eigenvalue weighted by Crippen LogP contribution is -2.45. The van der Waals surface area contributed by atoms with Gasteiger partial charge >= 0.3 is 0 Å². The largest absolute Gasteiger partial charge is 0.356 e. The monoisotopic (exact) mass is 374 g/mol. The molecule has 27 heavy (non-hydrogen) atoms. The van der Waals surface area contributed by atoms with Gasteiger partial charge in [-0.2, -0.15) is 4.98 Å². The summed E-state index contributed by atoms with van der Waals surface area (Å²) in [5.74, 6) is 0.240. The number of carbonyl (C=O) groups excluding carboxylic acids is 2. The Bertz CT molecular complexity index is 791. The number of nitrogens with one attached hydrogen (secondary N) is 1. The summed E-state index contributed by atoms with van der Waals surface area (Å²) in [5, 5.41) is 6.70. The van der Waals surface area contributed by atoms with Crippen LogP contribution in [0.4, 0.5) is 4.39 Å². The van der Waals surface area contributed by atoms with Crippen molar-refractivity contribution in [1.82, 2.24) is 20.4 Å². The fourth-order valence-electron chi connectivity index (χ4n) is 3.18. The molecule has 7 nitrogen and oxygen atoms in total. The second-order valence-electron chi connectivity index (χ2n) is 6.59. The molecule has 1 N–H and O–H groups in total. The minimum absolute atomic E-state index is 0.0100. The summed E-state index contributed by atoms with van der Waals surface area (Å²) in [6, 6.07) is 5.81. The van der Waals surface area contributed by atoms with Gasteiger partial charge in [-0.1, -0.05) is 5.16 Å². The molecule has 144 valence electrons. The van der Waals surface area contributed by atoms with Crippen LogP contribution >= 0.6 is 0 Å². The van der Waals surface area contributed by atoms with Gasteiger partial charge in [-0.05, 0) is 44.0 Å². The molecule has 1 atom stereocenters. The smallest absolute Gasteiger partial charge is 0.227 e. The number of halogens is 1. The SMILES string of the molecule is CCNC(=O)C1CCCN(C(=O)CCc2nc(-c3ccc(F)cc3)no2)C1. The highest BCUT2D eigenvalue weighted by Crippen LogP contribution is 2.19. The number of nitrogens with zero attached hydrogens (tertiary/aromatic N) is 3. The van der Waals surface area contributed by atoms with Crippen LogP contribution in [-0.4, -0.2) is 46.5 Å². The predicted octanol–water partition coefficient (Wildman–Crippen LogP) is 2.18. The maximum atomic E-state index is 13.0. The Morgan fingerprint density at radius 3 is 2.85 bits per heavy atom. The lowest BCUT2D eigenvalue weighted by molar-refractivity contribution is -0.135. The van der Waals surface area contributed by atoms with Crippen LogP contribution in [-0.2, 0) is 16.0 Å². The molecular weight excluding hydrogens is 351 g/mol. The second-order valence-corrected chi connectivity index (χ2v) is 6.59. The van der Waals surface area contributed by atoms with E-state index in [1.807, 2.05) is 6.92 Å². The Balaban J connectivity index is 1.53. The number of aryl methyl sites for hydroxylation is 1. The van der Waals surface area contributed by atoms with E-state index in [-0.39, 0.29) is 30.0 Å². The molecule has 0 aliphatic carbocycles. The zero-order valence-corrected chi connectivity index (χ0v) is 15.3. The van der Waals surface area contributed by atoms with E-state index in [2.05, 4.69) is 15.5 Å². The van der Waals surface area contributed by atoms with E-state index in [9.17, 15) is 14.0 Å². The van der Waals surface area contributed by atoms with E-state index in [0.29, 0.717) is 43.3 Å². The van der Waals surface area contributed by atoms with Crippen molar-refractivity contribution >= 4 is 11.8 Å². The molecule has 1 aliphatic rings. The maximum Gasteiger partial charge on any atom is 0.227 e. The van der Waals surface area contributed by atoms with Crippen molar-refractivity contribution in [3.8, 4) is 11.4 Å². The van der Waals surface area contributed by atoms with Gasteiger partial charge in [-0.15, -0.1) is 0 Å². The molecule has 8 heteroatoms. The van der Waals surface area contributed by atoms with Gasteiger partial charge < -0.3 is 14.7 Å². The molecule has 0 spiro atoms. The number of rotatable bonds is 6. The van der Waals surface area contributed by atoms with Crippen LogP contribution in [0, 0.1) is 11.7 Å². The van der Waals surface area contributed by atoms with Crippen molar-refractivity contribution in [2.24, 2.45) is 5.92 Å². The molecule has 2 heterocycles.